The Bertz CT molecular complexity index is 344. The first-order valence-corrected chi connectivity index (χ1v) is 5.56. The highest BCUT2D eigenvalue weighted by molar-refractivity contribution is 4.93. The Hall–Kier alpha value is -1.17. The number of aromatic nitrogens is 1. The van der Waals surface area contributed by atoms with E-state index >= 15 is 0 Å². The fourth-order valence-electron chi connectivity index (χ4n) is 1.60. The minimum Gasteiger partial charge on any atom is -0.329 e. The highest BCUT2D eigenvalue weighted by atomic mass is 16.1. The Labute approximate surface area is 95.7 Å². The molecule has 5 heteroatoms. The van der Waals surface area contributed by atoms with Gasteiger partial charge in [0.25, 0.3) is 5.56 Å². The Morgan fingerprint density at radius 3 is 2.38 bits per heavy atom. The molecule has 0 aliphatic heterocycles. The molecule has 0 atom stereocenters. The molecule has 0 aliphatic carbocycles. The van der Waals surface area contributed by atoms with E-state index in [1.807, 2.05) is 6.07 Å². The van der Waals surface area contributed by atoms with Crippen LogP contribution in [-0.4, -0.2) is 42.2 Å². The van der Waals surface area contributed by atoms with Gasteiger partial charge < -0.3 is 16.0 Å². The van der Waals surface area contributed by atoms with Crippen molar-refractivity contribution in [2.24, 2.45) is 11.5 Å². The molecule has 0 amide bonds. The highest BCUT2D eigenvalue weighted by Crippen LogP contribution is 1.89. The molecule has 5 nitrogen and oxygen atoms in total. The minimum atomic E-state index is 0.0305. The first-order chi connectivity index (χ1) is 7.77. The summed E-state index contributed by atoms with van der Waals surface area (Å²) in [5.41, 5.74) is 11.0. The topological polar surface area (TPSA) is 77.3 Å². The molecule has 0 unspecified atom stereocenters. The van der Waals surface area contributed by atoms with Gasteiger partial charge in [-0.25, -0.2) is 0 Å². The van der Waals surface area contributed by atoms with Gasteiger partial charge in [-0.15, -0.1) is 0 Å². The fraction of sp³-hybridized carbons (Fsp3) is 0.545. The Kier molecular flexibility index (Phi) is 5.77. The standard InChI is InChI=1S/C11H20N4O/c12-4-7-14(8-5-13)9-10-15-6-2-1-3-11(15)16/h1-3,6H,4-5,7-10,12-13H2. The van der Waals surface area contributed by atoms with Crippen molar-refractivity contribution in [1.29, 1.82) is 0 Å². The zero-order valence-electron chi connectivity index (χ0n) is 9.51. The van der Waals surface area contributed by atoms with Gasteiger partial charge in [0.15, 0.2) is 0 Å². The van der Waals surface area contributed by atoms with Gasteiger partial charge >= 0.3 is 0 Å². The van der Waals surface area contributed by atoms with Crippen LogP contribution in [0.15, 0.2) is 29.2 Å². The van der Waals surface area contributed by atoms with E-state index in [4.69, 9.17) is 11.5 Å². The zero-order valence-corrected chi connectivity index (χ0v) is 9.51. The SMILES string of the molecule is NCCN(CCN)CCn1ccccc1=O. The molecule has 1 aromatic rings. The Morgan fingerprint density at radius 1 is 1.12 bits per heavy atom. The zero-order chi connectivity index (χ0) is 11.8. The van der Waals surface area contributed by atoms with E-state index in [9.17, 15) is 4.79 Å². The average Bonchev–Trinajstić information content (AvgIpc) is 2.28. The summed E-state index contributed by atoms with van der Waals surface area (Å²) in [6, 6.07) is 5.17. The van der Waals surface area contributed by atoms with E-state index in [2.05, 4.69) is 4.90 Å². The summed E-state index contributed by atoms with van der Waals surface area (Å²) in [6.45, 7) is 4.35. The van der Waals surface area contributed by atoms with Crippen LogP contribution in [0.4, 0.5) is 0 Å². The average molecular weight is 224 g/mol. The minimum absolute atomic E-state index is 0.0305. The predicted octanol–water partition coefficient (Wildman–Crippen LogP) is -0.932. The summed E-state index contributed by atoms with van der Waals surface area (Å²) in [5.74, 6) is 0. The van der Waals surface area contributed by atoms with Gasteiger partial charge in [-0.05, 0) is 6.07 Å². The quantitative estimate of drug-likeness (QED) is 0.627. The van der Waals surface area contributed by atoms with Gasteiger partial charge in [-0.1, -0.05) is 6.07 Å². The van der Waals surface area contributed by atoms with Crippen LogP contribution in [0.25, 0.3) is 0 Å². The van der Waals surface area contributed by atoms with Crippen LogP contribution in [0.2, 0.25) is 0 Å². The number of nitrogens with two attached hydrogens (primary N) is 2. The first-order valence-electron chi connectivity index (χ1n) is 5.56. The van der Waals surface area contributed by atoms with Crippen molar-refractivity contribution >= 4 is 0 Å². The van der Waals surface area contributed by atoms with Crippen LogP contribution in [-0.2, 0) is 6.54 Å². The molecule has 1 rings (SSSR count). The van der Waals surface area contributed by atoms with Crippen LogP contribution in [0.3, 0.4) is 0 Å². The van der Waals surface area contributed by atoms with E-state index in [1.165, 1.54) is 0 Å². The van der Waals surface area contributed by atoms with Crippen molar-refractivity contribution in [2.45, 2.75) is 6.54 Å². The summed E-state index contributed by atoms with van der Waals surface area (Å²) in [6.07, 6.45) is 1.80. The summed E-state index contributed by atoms with van der Waals surface area (Å²) in [4.78, 5) is 13.6. The van der Waals surface area contributed by atoms with Crippen molar-refractivity contribution in [3.05, 3.63) is 34.7 Å². The predicted molar refractivity (Wildman–Crippen MR) is 65.3 cm³/mol. The maximum atomic E-state index is 11.4. The normalized spacial score (nSPS) is 10.9. The van der Waals surface area contributed by atoms with Gasteiger partial charge in [0.2, 0.25) is 0 Å². The third kappa shape index (κ3) is 4.14. The van der Waals surface area contributed by atoms with Gasteiger partial charge in [0.05, 0.1) is 0 Å². The molecule has 1 aromatic heterocycles. The second kappa shape index (κ2) is 7.16. The second-order valence-electron chi connectivity index (χ2n) is 3.65. The summed E-state index contributed by atoms with van der Waals surface area (Å²) >= 11 is 0. The van der Waals surface area contributed by atoms with Crippen molar-refractivity contribution < 1.29 is 0 Å². The molecule has 0 bridgehead atoms. The summed E-state index contributed by atoms with van der Waals surface area (Å²) < 4.78 is 1.69. The van der Waals surface area contributed by atoms with E-state index < -0.39 is 0 Å². The summed E-state index contributed by atoms with van der Waals surface area (Å²) in [5, 5.41) is 0. The molecule has 0 saturated heterocycles. The molecule has 16 heavy (non-hydrogen) atoms. The Morgan fingerprint density at radius 2 is 1.81 bits per heavy atom. The molecule has 0 saturated carbocycles. The van der Waals surface area contributed by atoms with Gasteiger partial charge in [-0.2, -0.15) is 0 Å². The van der Waals surface area contributed by atoms with Gasteiger partial charge in [0, 0.05) is 51.5 Å². The van der Waals surface area contributed by atoms with E-state index in [0.29, 0.717) is 19.6 Å². The van der Waals surface area contributed by atoms with Gasteiger partial charge in [-0.3, -0.25) is 9.69 Å². The molecule has 0 aromatic carbocycles. The maximum absolute atomic E-state index is 11.4. The lowest BCUT2D eigenvalue weighted by Gasteiger charge is -2.20. The third-order valence-electron chi connectivity index (χ3n) is 2.45. The first kappa shape index (κ1) is 12.9. The summed E-state index contributed by atoms with van der Waals surface area (Å²) in [7, 11) is 0. The van der Waals surface area contributed by atoms with E-state index in [1.54, 1.807) is 22.9 Å². The number of pyridine rings is 1. The highest BCUT2D eigenvalue weighted by Gasteiger charge is 2.03. The van der Waals surface area contributed by atoms with Crippen molar-refractivity contribution in [1.82, 2.24) is 9.47 Å². The van der Waals surface area contributed by atoms with Gasteiger partial charge in [0.1, 0.15) is 0 Å². The monoisotopic (exact) mass is 224 g/mol. The molecular weight excluding hydrogens is 204 g/mol. The molecule has 90 valence electrons. The molecule has 1 heterocycles. The molecule has 4 N–H and O–H groups in total. The van der Waals surface area contributed by atoms with E-state index in [0.717, 1.165) is 19.6 Å². The number of rotatable bonds is 7. The fourth-order valence-corrected chi connectivity index (χ4v) is 1.60. The van der Waals surface area contributed by atoms with Crippen LogP contribution < -0.4 is 17.0 Å². The van der Waals surface area contributed by atoms with Crippen molar-refractivity contribution in [3.8, 4) is 0 Å². The smallest absolute Gasteiger partial charge is 0.250 e. The van der Waals surface area contributed by atoms with Crippen molar-refractivity contribution in [2.75, 3.05) is 32.7 Å². The number of hydrogen-bond acceptors (Lipinski definition) is 4. The van der Waals surface area contributed by atoms with Crippen LogP contribution in [0.5, 0.6) is 0 Å². The Balaban J connectivity index is 2.48. The molecular formula is C11H20N4O. The number of hydrogen-bond donors (Lipinski definition) is 2. The molecule has 0 radical (unpaired) electrons. The van der Waals surface area contributed by atoms with Crippen LogP contribution in [0.1, 0.15) is 0 Å². The maximum Gasteiger partial charge on any atom is 0.250 e. The third-order valence-corrected chi connectivity index (χ3v) is 2.45. The lowest BCUT2D eigenvalue weighted by Crippen LogP contribution is -2.37. The number of nitrogens with zero attached hydrogens (tertiary/aromatic N) is 2. The van der Waals surface area contributed by atoms with Crippen LogP contribution >= 0.6 is 0 Å². The molecule has 0 fully saturated rings. The lowest BCUT2D eigenvalue weighted by atomic mass is 10.4. The molecule has 0 spiro atoms. The lowest BCUT2D eigenvalue weighted by molar-refractivity contribution is 0.275. The largest absolute Gasteiger partial charge is 0.329 e. The van der Waals surface area contributed by atoms with E-state index in [-0.39, 0.29) is 5.56 Å². The van der Waals surface area contributed by atoms with Crippen LogP contribution in [0, 0.1) is 0 Å². The second-order valence-corrected chi connectivity index (χ2v) is 3.65. The molecule has 0 aliphatic rings. The van der Waals surface area contributed by atoms with Crippen molar-refractivity contribution in [3.63, 3.8) is 0 Å².